The minimum Gasteiger partial charge on any atom is -0.481 e. The van der Waals surface area contributed by atoms with Gasteiger partial charge < -0.3 is 9.84 Å². The van der Waals surface area contributed by atoms with E-state index in [1.165, 1.54) is 5.56 Å². The zero-order chi connectivity index (χ0) is 24.0. The monoisotopic (exact) mass is 476 g/mol. The number of aliphatic carboxylic acids is 1. The highest BCUT2D eigenvalue weighted by Gasteiger charge is 2.30. The van der Waals surface area contributed by atoms with E-state index in [0.29, 0.717) is 5.88 Å². The first-order chi connectivity index (χ1) is 16.3. The molecule has 8 heteroatoms. The van der Waals surface area contributed by atoms with E-state index in [2.05, 4.69) is 17.1 Å². The number of hydrogen-bond donors (Lipinski definition) is 1. The van der Waals surface area contributed by atoms with Crippen LogP contribution in [0.25, 0.3) is 11.1 Å². The van der Waals surface area contributed by atoms with Crippen molar-refractivity contribution in [3.05, 3.63) is 80.5 Å². The molecule has 0 saturated heterocycles. The molecule has 2 aliphatic rings. The van der Waals surface area contributed by atoms with Gasteiger partial charge in [0.2, 0.25) is 5.88 Å². The number of hydrogen-bond acceptors (Lipinski definition) is 6. The summed E-state index contributed by atoms with van der Waals surface area (Å²) in [5, 5.41) is 20.4. The van der Waals surface area contributed by atoms with E-state index < -0.39 is 5.97 Å². The van der Waals surface area contributed by atoms with Crippen LogP contribution in [-0.2, 0) is 11.2 Å². The smallest absolute Gasteiger partial charge is 0.303 e. The summed E-state index contributed by atoms with van der Waals surface area (Å²) < 4.78 is 6.32. The van der Waals surface area contributed by atoms with E-state index in [1.807, 2.05) is 26.0 Å². The lowest BCUT2D eigenvalue weighted by Crippen LogP contribution is -2.07. The topological polar surface area (TPSA) is 103 Å². The molecule has 0 bridgehead atoms. The normalized spacial score (nSPS) is 18.4. The van der Waals surface area contributed by atoms with Crippen molar-refractivity contribution in [2.75, 3.05) is 5.75 Å². The maximum Gasteiger partial charge on any atom is 0.303 e. The van der Waals surface area contributed by atoms with Crippen LogP contribution in [0.2, 0.25) is 0 Å². The minimum atomic E-state index is -0.796. The molecule has 5 rings (SSSR count). The van der Waals surface area contributed by atoms with Gasteiger partial charge in [-0.2, -0.15) is 0 Å². The van der Waals surface area contributed by atoms with Crippen molar-refractivity contribution in [1.29, 1.82) is 0 Å². The maximum absolute atomic E-state index is 11.2. The van der Waals surface area contributed by atoms with Crippen molar-refractivity contribution in [3.63, 3.8) is 0 Å². The average Bonchev–Trinajstić information content (AvgIpc) is 3.37. The van der Waals surface area contributed by atoms with Crippen LogP contribution in [0.1, 0.15) is 52.7 Å². The molecule has 1 aromatic heterocycles. The third-order valence-electron chi connectivity index (χ3n) is 6.65. The summed E-state index contributed by atoms with van der Waals surface area (Å²) in [4.78, 5) is 27.5. The number of thioether (sulfide) groups is 1. The second-order valence-electron chi connectivity index (χ2n) is 8.90. The number of pyridine rings is 1. The lowest BCUT2D eigenvalue weighted by Gasteiger charge is -2.17. The number of rotatable bonds is 6. The van der Waals surface area contributed by atoms with Gasteiger partial charge in [0.15, 0.2) is 0 Å². The molecule has 1 unspecified atom stereocenters. The summed E-state index contributed by atoms with van der Waals surface area (Å²) in [6.45, 7) is 3.84. The minimum absolute atomic E-state index is 0.0120. The number of aryl methyl sites for hydroxylation is 2. The second kappa shape index (κ2) is 8.76. The molecule has 0 amide bonds. The molecule has 2 atom stereocenters. The Balaban J connectivity index is 1.42. The molecule has 7 nitrogen and oxygen atoms in total. The standard InChI is InChI=1S/C26H24N2O5S/c1-14-8-17(28(31)32)9-15(2)26(14)20-5-3-4-19-18(20)6-7-22(19)33-24-11-23-21(12-27-24)16(13-34-23)10-25(29)30/h3-5,8-9,11-12,16,22H,6-7,10,13H2,1-2H3,(H,29,30)/t16-,22?/m1/s1. The first-order valence-corrected chi connectivity index (χ1v) is 12.2. The Labute approximate surface area is 201 Å². The Morgan fingerprint density at radius 1 is 1.24 bits per heavy atom. The molecule has 34 heavy (non-hydrogen) atoms. The number of nitro groups is 1. The summed E-state index contributed by atoms with van der Waals surface area (Å²) >= 11 is 1.65. The van der Waals surface area contributed by atoms with Crippen LogP contribution in [0.4, 0.5) is 5.69 Å². The van der Waals surface area contributed by atoms with Crippen LogP contribution in [0.15, 0.2) is 47.5 Å². The number of carbonyl (C=O) groups is 1. The summed E-state index contributed by atoms with van der Waals surface area (Å²) in [5.74, 6) is 0.488. The van der Waals surface area contributed by atoms with Crippen molar-refractivity contribution >= 4 is 23.4 Å². The Morgan fingerprint density at radius 2 is 2.00 bits per heavy atom. The summed E-state index contributed by atoms with van der Waals surface area (Å²) in [7, 11) is 0. The third kappa shape index (κ3) is 4.03. The number of carboxylic acids is 1. The predicted octanol–water partition coefficient (Wildman–Crippen LogP) is 6.00. The molecule has 2 heterocycles. The molecule has 1 aliphatic heterocycles. The van der Waals surface area contributed by atoms with E-state index in [4.69, 9.17) is 9.84 Å². The summed E-state index contributed by atoms with van der Waals surface area (Å²) in [5.41, 5.74) is 7.34. The maximum atomic E-state index is 11.2. The number of nitrogens with zero attached hydrogens (tertiary/aromatic N) is 2. The first-order valence-electron chi connectivity index (χ1n) is 11.2. The van der Waals surface area contributed by atoms with Crippen LogP contribution in [0, 0.1) is 24.0 Å². The van der Waals surface area contributed by atoms with E-state index in [9.17, 15) is 14.9 Å². The molecule has 0 radical (unpaired) electrons. The molecular formula is C26H24N2O5S. The highest BCUT2D eigenvalue weighted by molar-refractivity contribution is 7.99. The van der Waals surface area contributed by atoms with Crippen molar-refractivity contribution < 1.29 is 19.6 Å². The van der Waals surface area contributed by atoms with Gasteiger partial charge in [0, 0.05) is 41.0 Å². The molecule has 2 aromatic carbocycles. The van der Waals surface area contributed by atoms with Gasteiger partial charge in [-0.15, -0.1) is 11.8 Å². The molecule has 174 valence electrons. The Morgan fingerprint density at radius 3 is 2.71 bits per heavy atom. The van der Waals surface area contributed by atoms with Gasteiger partial charge in [0.05, 0.1) is 11.3 Å². The van der Waals surface area contributed by atoms with Crippen molar-refractivity contribution in [3.8, 4) is 17.0 Å². The predicted molar refractivity (Wildman–Crippen MR) is 130 cm³/mol. The molecular weight excluding hydrogens is 452 g/mol. The highest BCUT2D eigenvalue weighted by Crippen LogP contribution is 2.45. The van der Waals surface area contributed by atoms with Gasteiger partial charge in [-0.3, -0.25) is 14.9 Å². The first kappa shape index (κ1) is 22.4. The summed E-state index contributed by atoms with van der Waals surface area (Å²) in [6, 6.07) is 11.4. The van der Waals surface area contributed by atoms with Gasteiger partial charge >= 0.3 is 5.97 Å². The molecule has 1 aliphatic carbocycles. The molecule has 0 fully saturated rings. The lowest BCUT2D eigenvalue weighted by atomic mass is 9.90. The molecule has 1 N–H and O–H groups in total. The number of carboxylic acid groups (broad SMARTS) is 1. The third-order valence-corrected chi connectivity index (χ3v) is 7.88. The Bertz CT molecular complexity index is 1300. The van der Waals surface area contributed by atoms with Gasteiger partial charge in [-0.25, -0.2) is 4.98 Å². The van der Waals surface area contributed by atoms with Crippen LogP contribution >= 0.6 is 11.8 Å². The van der Waals surface area contributed by atoms with Crippen LogP contribution in [-0.4, -0.2) is 26.7 Å². The van der Waals surface area contributed by atoms with E-state index in [1.54, 1.807) is 30.1 Å². The highest BCUT2D eigenvalue weighted by atomic mass is 32.2. The molecule has 0 spiro atoms. The molecule has 3 aromatic rings. The second-order valence-corrected chi connectivity index (χ2v) is 9.96. The Hall–Kier alpha value is -3.39. The number of fused-ring (bicyclic) bond motifs is 2. The fourth-order valence-electron chi connectivity index (χ4n) is 5.17. The van der Waals surface area contributed by atoms with Crippen molar-refractivity contribution in [1.82, 2.24) is 4.98 Å². The number of ether oxygens (including phenoxy) is 1. The van der Waals surface area contributed by atoms with Crippen molar-refractivity contribution in [2.45, 2.75) is 50.0 Å². The van der Waals surface area contributed by atoms with Gasteiger partial charge in [-0.05, 0) is 65.6 Å². The van der Waals surface area contributed by atoms with Crippen molar-refractivity contribution in [2.24, 2.45) is 0 Å². The Kier molecular flexibility index (Phi) is 5.77. The van der Waals surface area contributed by atoms with Crippen LogP contribution in [0.3, 0.4) is 0 Å². The molecule has 0 saturated carbocycles. The fourth-order valence-corrected chi connectivity index (χ4v) is 6.42. The van der Waals surface area contributed by atoms with Crippen LogP contribution in [0.5, 0.6) is 5.88 Å². The number of nitro benzene ring substituents is 1. The largest absolute Gasteiger partial charge is 0.481 e. The van der Waals surface area contributed by atoms with Gasteiger partial charge in [0.1, 0.15) is 6.10 Å². The van der Waals surface area contributed by atoms with E-state index in [-0.39, 0.29) is 29.1 Å². The van der Waals surface area contributed by atoms with E-state index in [0.717, 1.165) is 56.9 Å². The number of non-ortho nitro benzene ring substituents is 1. The van der Waals surface area contributed by atoms with Gasteiger partial charge in [-0.1, -0.05) is 18.2 Å². The van der Waals surface area contributed by atoms with Crippen LogP contribution < -0.4 is 4.74 Å². The fraction of sp³-hybridized carbons (Fsp3) is 0.308. The average molecular weight is 477 g/mol. The zero-order valence-electron chi connectivity index (χ0n) is 18.9. The summed E-state index contributed by atoms with van der Waals surface area (Å²) in [6.07, 6.45) is 3.42. The number of aromatic nitrogens is 1. The lowest BCUT2D eigenvalue weighted by molar-refractivity contribution is -0.384. The number of benzene rings is 2. The SMILES string of the molecule is Cc1cc([N+](=O)[O-])cc(C)c1-c1cccc2c1CCC2Oc1cc2c(cn1)[C@H](CC(=O)O)CS2. The van der Waals surface area contributed by atoms with Gasteiger partial charge in [0.25, 0.3) is 5.69 Å². The zero-order valence-corrected chi connectivity index (χ0v) is 19.7. The van der Waals surface area contributed by atoms with E-state index >= 15 is 0 Å². The quantitative estimate of drug-likeness (QED) is 0.344.